The van der Waals surface area contributed by atoms with Crippen LogP contribution in [0, 0.1) is 35.1 Å². The molecule has 1 N–H and O–H groups in total. The van der Waals surface area contributed by atoms with Crippen LogP contribution in [0.3, 0.4) is 0 Å². The number of nitrogens with zero attached hydrogens (tertiary/aromatic N) is 3. The van der Waals surface area contributed by atoms with Crippen molar-refractivity contribution in [1.82, 2.24) is 0 Å². The van der Waals surface area contributed by atoms with Gasteiger partial charge in [-0.15, -0.1) is 0 Å². The fourth-order valence-corrected chi connectivity index (χ4v) is 3.65. The van der Waals surface area contributed by atoms with E-state index in [0.717, 1.165) is 18.2 Å². The third kappa shape index (κ3) is 6.09. The summed E-state index contributed by atoms with van der Waals surface area (Å²) in [6.45, 7) is 0. The highest BCUT2D eigenvalue weighted by molar-refractivity contribution is 14.1. The smallest absolute Gasteiger partial charge is 0.318 e. The third-order valence-electron chi connectivity index (χ3n) is 4.52. The van der Waals surface area contributed by atoms with E-state index in [-0.39, 0.29) is 22.8 Å². The summed E-state index contributed by atoms with van der Waals surface area (Å²) in [5.41, 5.74) is -0.239. The summed E-state index contributed by atoms with van der Waals surface area (Å²) in [6, 6.07) is 16.6. The second-order valence-electron chi connectivity index (χ2n) is 6.79. The molecule has 0 aliphatic heterocycles. The molecule has 35 heavy (non-hydrogen) atoms. The van der Waals surface area contributed by atoms with E-state index in [1.807, 2.05) is 28.7 Å². The molecule has 3 aromatic carbocycles. The molecule has 0 fully saturated rings. The molecule has 0 saturated heterocycles. The van der Waals surface area contributed by atoms with Crippen LogP contribution in [0.15, 0.2) is 66.2 Å². The summed E-state index contributed by atoms with van der Waals surface area (Å²) >= 11 is 1.91. The summed E-state index contributed by atoms with van der Waals surface area (Å²) < 4.78 is 11.5. The van der Waals surface area contributed by atoms with E-state index in [1.54, 1.807) is 36.4 Å². The number of methoxy groups -OCH3 is 1. The Morgan fingerprint density at radius 2 is 1.77 bits per heavy atom. The highest BCUT2D eigenvalue weighted by Gasteiger charge is 2.23. The number of anilines is 1. The number of carbonyl (C=O) groups excluding carboxylic acids is 1. The number of benzene rings is 3. The third-order valence-corrected chi connectivity index (χ3v) is 5.32. The van der Waals surface area contributed by atoms with Crippen LogP contribution in [0.4, 0.5) is 17.1 Å². The number of carbonyl (C=O) groups is 1. The van der Waals surface area contributed by atoms with Crippen molar-refractivity contribution in [3.63, 3.8) is 0 Å². The number of nitrogens with one attached hydrogen (secondary N) is 1. The lowest BCUT2D eigenvalue weighted by atomic mass is 10.1. The number of ether oxygens (including phenoxy) is 2. The maximum absolute atomic E-state index is 12.5. The number of amides is 1. The molecular formula is C23H15IN4O7. The lowest BCUT2D eigenvalue weighted by Crippen LogP contribution is -2.13. The van der Waals surface area contributed by atoms with E-state index >= 15 is 0 Å². The van der Waals surface area contributed by atoms with Crippen LogP contribution in [0.25, 0.3) is 6.08 Å². The number of para-hydroxylation sites is 1. The molecule has 0 atom stereocenters. The van der Waals surface area contributed by atoms with Crippen LogP contribution in [0.2, 0.25) is 0 Å². The van der Waals surface area contributed by atoms with Gasteiger partial charge in [-0.3, -0.25) is 25.0 Å². The molecule has 11 nitrogen and oxygen atoms in total. The monoisotopic (exact) mass is 586 g/mol. The van der Waals surface area contributed by atoms with Gasteiger partial charge in [0.05, 0.1) is 26.6 Å². The molecule has 0 saturated carbocycles. The normalized spacial score (nSPS) is 10.7. The minimum atomic E-state index is -0.788. The maximum atomic E-state index is 12.5. The van der Waals surface area contributed by atoms with Gasteiger partial charge in [-0.2, -0.15) is 5.26 Å². The number of hydrogen-bond acceptors (Lipinski definition) is 8. The molecule has 12 heteroatoms. The van der Waals surface area contributed by atoms with Gasteiger partial charge in [0.1, 0.15) is 11.6 Å². The van der Waals surface area contributed by atoms with Gasteiger partial charge >= 0.3 is 5.69 Å². The van der Waals surface area contributed by atoms with Gasteiger partial charge in [0.25, 0.3) is 11.6 Å². The Labute approximate surface area is 212 Å². The van der Waals surface area contributed by atoms with E-state index in [1.165, 1.54) is 19.3 Å². The molecule has 0 aliphatic carbocycles. The first kappa shape index (κ1) is 25.1. The Bertz CT molecular complexity index is 1380. The second kappa shape index (κ2) is 11.1. The number of hydrogen-bond donors (Lipinski definition) is 1. The van der Waals surface area contributed by atoms with E-state index < -0.39 is 27.1 Å². The summed E-state index contributed by atoms with van der Waals surface area (Å²) in [7, 11) is 1.35. The van der Waals surface area contributed by atoms with Crippen molar-refractivity contribution in [2.24, 2.45) is 0 Å². The Morgan fingerprint density at radius 3 is 2.37 bits per heavy atom. The van der Waals surface area contributed by atoms with Crippen molar-refractivity contribution in [2.45, 2.75) is 0 Å². The predicted octanol–water partition coefficient (Wildman–Crippen LogP) is 5.45. The van der Waals surface area contributed by atoms with Crippen LogP contribution >= 0.6 is 22.6 Å². The number of nitro groups is 2. The van der Waals surface area contributed by atoms with Gasteiger partial charge in [-0.05, 0) is 64.6 Å². The first-order chi connectivity index (χ1) is 16.7. The number of halogens is 1. The Hall–Kier alpha value is -4.51. The molecule has 0 heterocycles. The molecule has 0 bridgehead atoms. The fourth-order valence-electron chi connectivity index (χ4n) is 2.92. The number of rotatable bonds is 8. The molecule has 3 aromatic rings. The Morgan fingerprint density at radius 1 is 1.06 bits per heavy atom. The highest BCUT2D eigenvalue weighted by atomic mass is 127. The second-order valence-corrected chi connectivity index (χ2v) is 7.95. The maximum Gasteiger partial charge on any atom is 0.318 e. The van der Waals surface area contributed by atoms with Gasteiger partial charge in [0, 0.05) is 11.8 Å². The minimum absolute atomic E-state index is 0.120. The van der Waals surface area contributed by atoms with Gasteiger partial charge in [0.15, 0.2) is 11.5 Å². The zero-order valence-electron chi connectivity index (χ0n) is 17.9. The lowest BCUT2D eigenvalue weighted by Gasteiger charge is -2.13. The Kier molecular flexibility index (Phi) is 7.95. The van der Waals surface area contributed by atoms with Crippen molar-refractivity contribution in [1.29, 1.82) is 5.26 Å². The van der Waals surface area contributed by atoms with Crippen molar-refractivity contribution in [3.8, 4) is 23.3 Å². The molecule has 0 radical (unpaired) electrons. The minimum Gasteiger partial charge on any atom is -0.493 e. The molecule has 176 valence electrons. The molecule has 0 aromatic heterocycles. The van der Waals surface area contributed by atoms with Crippen molar-refractivity contribution >= 4 is 51.6 Å². The zero-order chi connectivity index (χ0) is 25.5. The lowest BCUT2D eigenvalue weighted by molar-refractivity contribution is -0.394. The number of nitro benzene ring substituents is 2. The Balaban J connectivity index is 1.95. The predicted molar refractivity (Wildman–Crippen MR) is 134 cm³/mol. The van der Waals surface area contributed by atoms with Crippen molar-refractivity contribution in [3.05, 3.63) is 95.6 Å². The van der Waals surface area contributed by atoms with Gasteiger partial charge in [-0.1, -0.05) is 18.2 Å². The first-order valence-electron chi connectivity index (χ1n) is 9.70. The highest BCUT2D eigenvalue weighted by Crippen LogP contribution is 2.41. The van der Waals surface area contributed by atoms with Crippen LogP contribution in [-0.4, -0.2) is 22.9 Å². The molecule has 1 amide bonds. The average Bonchev–Trinajstić information content (AvgIpc) is 2.84. The average molecular weight is 586 g/mol. The van der Waals surface area contributed by atoms with E-state index in [0.29, 0.717) is 14.8 Å². The van der Waals surface area contributed by atoms with Crippen LogP contribution < -0.4 is 14.8 Å². The van der Waals surface area contributed by atoms with Crippen LogP contribution in [0.1, 0.15) is 5.56 Å². The molecule has 0 aliphatic rings. The fraction of sp³-hybridized carbons (Fsp3) is 0.0435. The standard InChI is InChI=1S/C23H15IN4O7/c1-34-21-11-14(9-15(13-25)23(29)26-16-5-3-2-4-6-16)10-18(24)22(21)35-20-8-7-17(27(30)31)12-19(20)28(32)33/h2-12H,1H3,(H,26,29)/b15-9+. The summed E-state index contributed by atoms with van der Waals surface area (Å²) in [5, 5.41) is 34.5. The van der Waals surface area contributed by atoms with Crippen LogP contribution in [0.5, 0.6) is 17.2 Å². The topological polar surface area (TPSA) is 158 Å². The zero-order valence-corrected chi connectivity index (χ0v) is 20.1. The van der Waals surface area contributed by atoms with E-state index in [4.69, 9.17) is 9.47 Å². The number of non-ortho nitro benzene ring substituents is 1. The van der Waals surface area contributed by atoms with E-state index in [2.05, 4.69) is 5.32 Å². The SMILES string of the molecule is COc1cc(/C=C(\C#N)C(=O)Nc2ccccc2)cc(I)c1Oc1ccc([N+](=O)[O-])cc1[N+](=O)[O-]. The molecule has 0 spiro atoms. The van der Waals surface area contributed by atoms with Crippen molar-refractivity contribution < 1.29 is 24.1 Å². The van der Waals surface area contributed by atoms with E-state index in [9.17, 15) is 30.3 Å². The molecular weight excluding hydrogens is 571 g/mol. The van der Waals surface area contributed by atoms with Crippen molar-refractivity contribution in [2.75, 3.05) is 12.4 Å². The molecule has 0 unspecified atom stereocenters. The number of nitriles is 1. The summed E-state index contributed by atoms with van der Waals surface area (Å²) in [5.74, 6) is -0.541. The van der Waals surface area contributed by atoms with Gasteiger partial charge < -0.3 is 14.8 Å². The first-order valence-corrected chi connectivity index (χ1v) is 10.8. The molecule has 3 rings (SSSR count). The summed E-state index contributed by atoms with van der Waals surface area (Å²) in [4.78, 5) is 33.4. The quantitative estimate of drug-likeness (QED) is 0.120. The van der Waals surface area contributed by atoms with Crippen LogP contribution in [-0.2, 0) is 4.79 Å². The van der Waals surface area contributed by atoms with Gasteiger partial charge in [0.2, 0.25) is 5.75 Å². The van der Waals surface area contributed by atoms with Gasteiger partial charge in [-0.25, -0.2) is 0 Å². The largest absolute Gasteiger partial charge is 0.493 e. The summed E-state index contributed by atoms with van der Waals surface area (Å²) in [6.07, 6.45) is 1.36.